The molecule has 4 heteroatoms. The number of alkyl halides is 1. The fourth-order valence-corrected chi connectivity index (χ4v) is 2.45. The van der Waals surface area contributed by atoms with Crippen LogP contribution in [0.3, 0.4) is 0 Å². The van der Waals surface area contributed by atoms with E-state index in [9.17, 15) is 4.79 Å². The molecule has 0 aromatic heterocycles. The molecule has 0 fully saturated rings. The van der Waals surface area contributed by atoms with Crippen LogP contribution in [0.15, 0.2) is 24.3 Å². The van der Waals surface area contributed by atoms with E-state index in [1.807, 2.05) is 18.2 Å². The van der Waals surface area contributed by atoms with Crippen molar-refractivity contribution < 1.29 is 14.3 Å². The Morgan fingerprint density at radius 1 is 1.20 bits per heavy atom. The smallest absolute Gasteiger partial charge is 0.153 e. The van der Waals surface area contributed by atoms with Crippen LogP contribution in [0, 0.1) is 0 Å². The lowest BCUT2D eigenvalue weighted by molar-refractivity contribution is 0.0803. The molecule has 0 bridgehead atoms. The first-order chi connectivity index (χ1) is 9.81. The maximum Gasteiger partial charge on any atom is 0.153 e. The van der Waals surface area contributed by atoms with E-state index in [0.717, 1.165) is 30.9 Å². The Kier molecular flexibility index (Phi) is 9.33. The number of ether oxygens (including phenoxy) is 2. The highest BCUT2D eigenvalue weighted by Gasteiger charge is 2.07. The van der Waals surface area contributed by atoms with Crippen LogP contribution in [0.1, 0.15) is 42.5 Å². The van der Waals surface area contributed by atoms with Crippen LogP contribution < -0.4 is 4.74 Å². The minimum atomic E-state index is 0.305. The zero-order valence-corrected chi connectivity index (χ0v) is 13.6. The number of hydrogen-bond acceptors (Lipinski definition) is 3. The van der Waals surface area contributed by atoms with Gasteiger partial charge in [-0.1, -0.05) is 34.5 Å². The molecule has 0 radical (unpaired) electrons. The molecule has 0 amide bonds. The average Bonchev–Trinajstić information content (AvgIpc) is 2.50. The van der Waals surface area contributed by atoms with E-state index < -0.39 is 0 Å². The zero-order valence-electron chi connectivity index (χ0n) is 12.0. The van der Waals surface area contributed by atoms with Crippen molar-refractivity contribution in [2.45, 2.75) is 38.2 Å². The molecule has 0 aliphatic carbocycles. The van der Waals surface area contributed by atoms with E-state index >= 15 is 0 Å². The lowest BCUT2D eigenvalue weighted by atomic mass is 10.1. The predicted molar refractivity (Wildman–Crippen MR) is 85.0 cm³/mol. The van der Waals surface area contributed by atoms with Crippen molar-refractivity contribution in [3.8, 4) is 5.75 Å². The summed E-state index contributed by atoms with van der Waals surface area (Å²) >= 11 is 3.44. The Hall–Kier alpha value is -0.870. The molecule has 20 heavy (non-hydrogen) atoms. The number of methoxy groups -OCH3 is 1. The quantitative estimate of drug-likeness (QED) is 0.343. The predicted octanol–water partition coefficient (Wildman–Crippen LogP) is 4.24. The molecule has 3 nitrogen and oxygen atoms in total. The first-order valence-electron chi connectivity index (χ1n) is 7.07. The van der Waals surface area contributed by atoms with Gasteiger partial charge in [-0.3, -0.25) is 4.79 Å². The van der Waals surface area contributed by atoms with Gasteiger partial charge in [-0.05, 0) is 37.8 Å². The van der Waals surface area contributed by atoms with Crippen LogP contribution in [-0.2, 0) is 4.74 Å². The SMILES string of the molecule is CO[C@@H](CCCCBr)CCCOc1ccccc1C=O. The van der Waals surface area contributed by atoms with Gasteiger partial charge in [0.05, 0.1) is 18.3 Å². The van der Waals surface area contributed by atoms with E-state index in [-0.39, 0.29) is 0 Å². The Balaban J connectivity index is 2.24. The summed E-state index contributed by atoms with van der Waals surface area (Å²) in [4.78, 5) is 10.9. The van der Waals surface area contributed by atoms with Gasteiger partial charge in [0.2, 0.25) is 0 Å². The number of para-hydroxylation sites is 1. The van der Waals surface area contributed by atoms with Gasteiger partial charge in [0.15, 0.2) is 6.29 Å². The van der Waals surface area contributed by atoms with E-state index in [2.05, 4.69) is 15.9 Å². The summed E-state index contributed by atoms with van der Waals surface area (Å²) in [7, 11) is 1.77. The van der Waals surface area contributed by atoms with Gasteiger partial charge >= 0.3 is 0 Å². The maximum absolute atomic E-state index is 10.9. The molecule has 1 aromatic carbocycles. The molecule has 0 aliphatic rings. The van der Waals surface area contributed by atoms with Crippen LogP contribution in [0.25, 0.3) is 0 Å². The number of carbonyl (C=O) groups is 1. The molecule has 0 unspecified atom stereocenters. The van der Waals surface area contributed by atoms with Crippen LogP contribution in [0.2, 0.25) is 0 Å². The molecule has 0 spiro atoms. The number of benzene rings is 1. The van der Waals surface area contributed by atoms with Crippen molar-refractivity contribution in [1.29, 1.82) is 0 Å². The zero-order chi connectivity index (χ0) is 14.6. The number of carbonyl (C=O) groups excluding carboxylic acids is 1. The molecule has 1 atom stereocenters. The molecular formula is C16H23BrO3. The fourth-order valence-electron chi connectivity index (χ4n) is 2.05. The van der Waals surface area contributed by atoms with Crippen LogP contribution in [-0.4, -0.2) is 31.4 Å². The summed E-state index contributed by atoms with van der Waals surface area (Å²) < 4.78 is 11.1. The molecule has 1 aromatic rings. The van der Waals surface area contributed by atoms with E-state index in [1.165, 1.54) is 12.8 Å². The maximum atomic E-state index is 10.9. The van der Waals surface area contributed by atoms with E-state index in [1.54, 1.807) is 13.2 Å². The summed E-state index contributed by atoms with van der Waals surface area (Å²) in [5.74, 6) is 0.663. The van der Waals surface area contributed by atoms with Crippen molar-refractivity contribution >= 4 is 22.2 Å². The van der Waals surface area contributed by atoms with E-state index in [4.69, 9.17) is 9.47 Å². The molecule has 0 aliphatic heterocycles. The number of aldehydes is 1. The molecular weight excluding hydrogens is 320 g/mol. The number of unbranched alkanes of at least 4 members (excludes halogenated alkanes) is 1. The average molecular weight is 343 g/mol. The minimum Gasteiger partial charge on any atom is -0.493 e. The standard InChI is InChI=1S/C16H23BrO3/c1-19-15(8-4-5-11-17)9-6-12-20-16-10-3-2-7-14(16)13-18/h2-3,7,10,13,15H,4-6,8-9,11-12H2,1H3/t15-/m0/s1. The van der Waals surface area contributed by atoms with Crippen molar-refractivity contribution in [3.63, 3.8) is 0 Å². The third-order valence-electron chi connectivity index (χ3n) is 3.22. The number of hydrogen-bond donors (Lipinski definition) is 0. The van der Waals surface area contributed by atoms with Gasteiger partial charge in [-0.15, -0.1) is 0 Å². The third-order valence-corrected chi connectivity index (χ3v) is 3.78. The third kappa shape index (κ3) is 6.53. The highest BCUT2D eigenvalue weighted by molar-refractivity contribution is 9.09. The van der Waals surface area contributed by atoms with Crippen molar-refractivity contribution in [2.24, 2.45) is 0 Å². The second-order valence-electron chi connectivity index (χ2n) is 4.69. The van der Waals surface area contributed by atoms with Crippen molar-refractivity contribution in [2.75, 3.05) is 19.0 Å². The van der Waals surface area contributed by atoms with Gasteiger partial charge in [0, 0.05) is 12.4 Å². The topological polar surface area (TPSA) is 35.5 Å². The number of halogens is 1. The summed E-state index contributed by atoms with van der Waals surface area (Å²) in [5.41, 5.74) is 0.605. The van der Waals surface area contributed by atoms with Gasteiger partial charge in [0.1, 0.15) is 5.75 Å². The summed E-state index contributed by atoms with van der Waals surface area (Å²) in [6, 6.07) is 7.30. The Morgan fingerprint density at radius 2 is 1.95 bits per heavy atom. The van der Waals surface area contributed by atoms with Crippen molar-refractivity contribution in [3.05, 3.63) is 29.8 Å². The highest BCUT2D eigenvalue weighted by atomic mass is 79.9. The highest BCUT2D eigenvalue weighted by Crippen LogP contribution is 2.17. The Labute approximate surface area is 129 Å². The minimum absolute atomic E-state index is 0.305. The monoisotopic (exact) mass is 342 g/mol. The lowest BCUT2D eigenvalue weighted by Gasteiger charge is -2.15. The molecule has 1 rings (SSSR count). The van der Waals surface area contributed by atoms with Crippen LogP contribution in [0.4, 0.5) is 0 Å². The van der Waals surface area contributed by atoms with Gasteiger partial charge in [0.25, 0.3) is 0 Å². The van der Waals surface area contributed by atoms with Gasteiger partial charge in [-0.25, -0.2) is 0 Å². The fraction of sp³-hybridized carbons (Fsp3) is 0.562. The Bertz CT molecular complexity index is 382. The largest absolute Gasteiger partial charge is 0.493 e. The summed E-state index contributed by atoms with van der Waals surface area (Å²) in [6.45, 7) is 0.614. The normalized spacial score (nSPS) is 12.1. The molecule has 0 N–H and O–H groups in total. The van der Waals surface area contributed by atoms with E-state index in [0.29, 0.717) is 24.0 Å². The molecule has 0 saturated heterocycles. The summed E-state index contributed by atoms with van der Waals surface area (Å²) in [5, 5.41) is 1.05. The number of rotatable bonds is 11. The first kappa shape index (κ1) is 17.2. The first-order valence-corrected chi connectivity index (χ1v) is 8.19. The van der Waals surface area contributed by atoms with Gasteiger partial charge in [-0.2, -0.15) is 0 Å². The van der Waals surface area contributed by atoms with Crippen LogP contribution in [0.5, 0.6) is 5.75 Å². The van der Waals surface area contributed by atoms with Crippen LogP contribution >= 0.6 is 15.9 Å². The second kappa shape index (κ2) is 10.9. The Morgan fingerprint density at radius 3 is 2.65 bits per heavy atom. The second-order valence-corrected chi connectivity index (χ2v) is 5.48. The van der Waals surface area contributed by atoms with Gasteiger partial charge < -0.3 is 9.47 Å². The van der Waals surface area contributed by atoms with Crippen molar-refractivity contribution in [1.82, 2.24) is 0 Å². The summed E-state index contributed by atoms with van der Waals surface area (Å²) in [6.07, 6.45) is 6.50. The molecule has 112 valence electrons. The molecule has 0 saturated carbocycles. The lowest BCUT2D eigenvalue weighted by Crippen LogP contribution is -2.12. The molecule has 0 heterocycles.